The van der Waals surface area contributed by atoms with Crippen LogP contribution in [0.25, 0.3) is 0 Å². The number of hydrogen-bond donors (Lipinski definition) is 2. The Morgan fingerprint density at radius 3 is 2.94 bits per heavy atom. The lowest BCUT2D eigenvalue weighted by molar-refractivity contribution is 0.0986. The Morgan fingerprint density at radius 1 is 1.56 bits per heavy atom. The van der Waals surface area contributed by atoms with Crippen molar-refractivity contribution in [3.63, 3.8) is 0 Å². The number of carbonyl (C=O) groups is 1. The molecule has 4 nitrogen and oxygen atoms in total. The zero-order chi connectivity index (χ0) is 12.0. The summed E-state index contributed by atoms with van der Waals surface area (Å²) in [5.41, 5.74) is 0.202. The van der Waals surface area contributed by atoms with Gasteiger partial charge in [0, 0.05) is 6.54 Å². The van der Waals surface area contributed by atoms with E-state index in [4.69, 9.17) is 9.84 Å². The van der Waals surface area contributed by atoms with Crippen molar-refractivity contribution in [3.8, 4) is 5.75 Å². The number of Topliss-reactive ketones (excluding diaryl/α,β-unsaturated/α-hetero) is 1. The van der Waals surface area contributed by atoms with Gasteiger partial charge in [-0.2, -0.15) is 0 Å². The minimum absolute atomic E-state index is 0.0420. The molecule has 0 spiro atoms. The topological polar surface area (TPSA) is 58.6 Å². The van der Waals surface area contributed by atoms with Gasteiger partial charge in [0.2, 0.25) is 0 Å². The number of ether oxygens (including phenoxy) is 1. The molecule has 0 saturated carbocycles. The van der Waals surface area contributed by atoms with Crippen molar-refractivity contribution in [2.45, 2.75) is 0 Å². The minimum atomic E-state index is -0.480. The van der Waals surface area contributed by atoms with Crippen molar-refractivity contribution in [1.82, 2.24) is 5.32 Å². The highest BCUT2D eigenvalue weighted by Gasteiger charge is 2.12. The van der Waals surface area contributed by atoms with E-state index in [2.05, 4.69) is 5.32 Å². The van der Waals surface area contributed by atoms with Gasteiger partial charge in [-0.25, -0.2) is 4.39 Å². The van der Waals surface area contributed by atoms with Gasteiger partial charge >= 0.3 is 0 Å². The number of halogens is 1. The summed E-state index contributed by atoms with van der Waals surface area (Å²) in [7, 11) is 1.42. The van der Waals surface area contributed by atoms with Crippen molar-refractivity contribution < 1.29 is 19.0 Å². The van der Waals surface area contributed by atoms with Crippen LogP contribution in [0.2, 0.25) is 0 Å². The number of nitrogens with one attached hydrogen (secondary N) is 1. The summed E-state index contributed by atoms with van der Waals surface area (Å²) in [6, 6.07) is 3.78. The number of rotatable bonds is 6. The number of hydrogen-bond acceptors (Lipinski definition) is 4. The highest BCUT2D eigenvalue weighted by molar-refractivity contribution is 6.00. The summed E-state index contributed by atoms with van der Waals surface area (Å²) in [5.74, 6) is -0.409. The van der Waals surface area contributed by atoms with Gasteiger partial charge in [0.1, 0.15) is 11.6 Å². The van der Waals surface area contributed by atoms with Crippen LogP contribution in [0.1, 0.15) is 10.4 Å². The molecule has 0 saturated heterocycles. The van der Waals surface area contributed by atoms with Gasteiger partial charge < -0.3 is 15.2 Å². The molecule has 5 heteroatoms. The first kappa shape index (κ1) is 12.6. The summed E-state index contributed by atoms with van der Waals surface area (Å²) < 4.78 is 17.9. The zero-order valence-electron chi connectivity index (χ0n) is 9.00. The molecule has 0 aliphatic heterocycles. The van der Waals surface area contributed by atoms with Crippen LogP contribution in [0.4, 0.5) is 4.39 Å². The molecule has 0 amide bonds. The van der Waals surface area contributed by atoms with Crippen molar-refractivity contribution in [3.05, 3.63) is 29.6 Å². The Labute approximate surface area is 93.0 Å². The van der Waals surface area contributed by atoms with E-state index in [0.717, 1.165) is 6.07 Å². The van der Waals surface area contributed by atoms with E-state index in [1.165, 1.54) is 19.2 Å². The highest BCUT2D eigenvalue weighted by Crippen LogP contribution is 2.19. The van der Waals surface area contributed by atoms with E-state index in [-0.39, 0.29) is 24.5 Å². The third kappa shape index (κ3) is 3.29. The first-order valence-electron chi connectivity index (χ1n) is 4.87. The largest absolute Gasteiger partial charge is 0.496 e. The smallest absolute Gasteiger partial charge is 0.180 e. The van der Waals surface area contributed by atoms with Gasteiger partial charge in [0.05, 0.1) is 25.8 Å². The first-order chi connectivity index (χ1) is 7.69. The molecule has 0 aromatic heterocycles. The van der Waals surface area contributed by atoms with Crippen molar-refractivity contribution in [2.75, 3.05) is 26.8 Å². The van der Waals surface area contributed by atoms with Gasteiger partial charge in [-0.1, -0.05) is 0 Å². The molecule has 1 aromatic carbocycles. The standard InChI is InChI=1S/C11H14FNO3/c1-16-11-3-2-8(12)6-9(11)10(15)7-13-4-5-14/h2-3,6,13-14H,4-5,7H2,1H3. The lowest BCUT2D eigenvalue weighted by Gasteiger charge is -2.07. The predicted octanol–water partition coefficient (Wildman–Crippen LogP) is 0.599. The molecule has 0 heterocycles. The van der Waals surface area contributed by atoms with Crippen molar-refractivity contribution in [2.24, 2.45) is 0 Å². The van der Waals surface area contributed by atoms with Crippen LogP contribution < -0.4 is 10.1 Å². The molecule has 0 aliphatic rings. The van der Waals surface area contributed by atoms with Crippen LogP contribution in [0.5, 0.6) is 5.75 Å². The molecule has 0 atom stereocenters. The maximum atomic E-state index is 13.0. The Balaban J connectivity index is 2.76. The maximum absolute atomic E-state index is 13.0. The lowest BCUT2D eigenvalue weighted by Crippen LogP contribution is -2.26. The van der Waals surface area contributed by atoms with Crippen LogP contribution >= 0.6 is 0 Å². The van der Waals surface area contributed by atoms with Crippen LogP contribution in [0, 0.1) is 5.82 Å². The highest BCUT2D eigenvalue weighted by atomic mass is 19.1. The third-order valence-corrected chi connectivity index (χ3v) is 2.04. The molecule has 2 N–H and O–H groups in total. The molecule has 0 unspecified atom stereocenters. The van der Waals surface area contributed by atoms with Gasteiger partial charge in [-0.3, -0.25) is 4.79 Å². The van der Waals surface area contributed by atoms with Crippen LogP contribution in [-0.4, -0.2) is 37.7 Å². The average molecular weight is 227 g/mol. The van der Waals surface area contributed by atoms with E-state index in [9.17, 15) is 9.18 Å². The van der Waals surface area contributed by atoms with Crippen LogP contribution in [-0.2, 0) is 0 Å². The third-order valence-electron chi connectivity index (χ3n) is 2.04. The summed E-state index contributed by atoms with van der Waals surface area (Å²) in [6.45, 7) is 0.317. The van der Waals surface area contributed by atoms with E-state index < -0.39 is 5.82 Å². The van der Waals surface area contributed by atoms with E-state index in [1.54, 1.807) is 0 Å². The van der Waals surface area contributed by atoms with Gasteiger partial charge in [0.25, 0.3) is 0 Å². The molecule has 1 aromatic rings. The van der Waals surface area contributed by atoms with E-state index in [1.807, 2.05) is 0 Å². The van der Waals surface area contributed by atoms with Gasteiger partial charge in [0.15, 0.2) is 5.78 Å². The Hall–Kier alpha value is -1.46. The summed E-state index contributed by atoms with van der Waals surface area (Å²) in [4.78, 5) is 11.7. The zero-order valence-corrected chi connectivity index (χ0v) is 9.00. The number of aliphatic hydroxyl groups excluding tert-OH is 1. The average Bonchev–Trinajstić information content (AvgIpc) is 2.29. The fraction of sp³-hybridized carbons (Fsp3) is 0.364. The number of methoxy groups -OCH3 is 1. The molecule has 0 radical (unpaired) electrons. The fourth-order valence-corrected chi connectivity index (χ4v) is 1.27. The number of carbonyl (C=O) groups excluding carboxylic acids is 1. The van der Waals surface area contributed by atoms with Crippen molar-refractivity contribution in [1.29, 1.82) is 0 Å². The first-order valence-corrected chi connectivity index (χ1v) is 4.87. The number of benzene rings is 1. The monoisotopic (exact) mass is 227 g/mol. The van der Waals surface area contributed by atoms with Crippen molar-refractivity contribution >= 4 is 5.78 Å². The van der Waals surface area contributed by atoms with Gasteiger partial charge in [-0.15, -0.1) is 0 Å². The Bertz CT molecular complexity index is 368. The maximum Gasteiger partial charge on any atom is 0.180 e. The second-order valence-corrected chi connectivity index (χ2v) is 3.17. The molecule has 88 valence electrons. The minimum Gasteiger partial charge on any atom is -0.496 e. The SMILES string of the molecule is COc1ccc(F)cc1C(=O)CNCCO. The number of ketones is 1. The van der Waals surface area contributed by atoms with Crippen LogP contribution in [0.3, 0.4) is 0 Å². The molecule has 0 fully saturated rings. The summed E-state index contributed by atoms with van der Waals surface area (Å²) >= 11 is 0. The molecular weight excluding hydrogens is 213 g/mol. The van der Waals surface area contributed by atoms with Crippen LogP contribution in [0.15, 0.2) is 18.2 Å². The normalized spacial score (nSPS) is 10.2. The fourth-order valence-electron chi connectivity index (χ4n) is 1.27. The van der Waals surface area contributed by atoms with E-state index in [0.29, 0.717) is 12.3 Å². The predicted molar refractivity (Wildman–Crippen MR) is 57.2 cm³/mol. The summed E-state index contributed by atoms with van der Waals surface area (Å²) in [6.07, 6.45) is 0. The lowest BCUT2D eigenvalue weighted by atomic mass is 10.1. The van der Waals surface area contributed by atoms with Gasteiger partial charge in [-0.05, 0) is 18.2 Å². The summed E-state index contributed by atoms with van der Waals surface area (Å²) in [5, 5.41) is 11.3. The Morgan fingerprint density at radius 2 is 2.31 bits per heavy atom. The quantitative estimate of drug-likeness (QED) is 0.552. The Kier molecular flexibility index (Phi) is 4.88. The molecule has 1 rings (SSSR count). The van der Waals surface area contributed by atoms with E-state index >= 15 is 0 Å². The number of aliphatic hydroxyl groups is 1. The molecule has 0 bridgehead atoms. The second-order valence-electron chi connectivity index (χ2n) is 3.17. The molecule has 16 heavy (non-hydrogen) atoms. The molecular formula is C11H14FNO3. The molecule has 0 aliphatic carbocycles. The second kappa shape index (κ2) is 6.19.